The Morgan fingerprint density at radius 2 is 0.560 bits per heavy atom. The van der Waals surface area contributed by atoms with Gasteiger partial charge in [0.05, 0.1) is 28.4 Å². The molecule has 50 heavy (non-hydrogen) atoms. The summed E-state index contributed by atoms with van der Waals surface area (Å²) in [5.74, 6) is 3.28. The number of benzene rings is 7. The lowest BCUT2D eigenvalue weighted by Gasteiger charge is -2.12. The van der Waals surface area contributed by atoms with Crippen molar-refractivity contribution < 1.29 is 18.9 Å². The fourth-order valence-electron chi connectivity index (χ4n) is 8.08. The topological polar surface area (TPSA) is 36.9 Å². The number of ether oxygens (including phenoxy) is 4. The summed E-state index contributed by atoms with van der Waals surface area (Å²) in [6, 6.07) is 47.2. The van der Waals surface area contributed by atoms with Gasteiger partial charge in [0.1, 0.15) is 23.0 Å². The predicted molar refractivity (Wildman–Crippen MR) is 207 cm³/mol. The van der Waals surface area contributed by atoms with E-state index in [1.807, 2.05) is 24.3 Å². The van der Waals surface area contributed by atoms with Crippen molar-refractivity contribution in [1.29, 1.82) is 0 Å². The van der Waals surface area contributed by atoms with Gasteiger partial charge in [-0.25, -0.2) is 0 Å². The van der Waals surface area contributed by atoms with Gasteiger partial charge in [0.25, 0.3) is 0 Å². The van der Waals surface area contributed by atoms with Gasteiger partial charge in [0.2, 0.25) is 0 Å². The third kappa shape index (κ3) is 4.38. The first-order chi connectivity index (χ1) is 24.6. The van der Waals surface area contributed by atoms with Gasteiger partial charge in [-0.05, 0) is 136 Å². The van der Waals surface area contributed by atoms with Crippen molar-refractivity contribution >= 4 is 43.1 Å². The van der Waals surface area contributed by atoms with Gasteiger partial charge in [-0.15, -0.1) is 0 Å². The Bertz CT molecular complexity index is 2520. The van der Waals surface area contributed by atoms with Crippen LogP contribution >= 0.6 is 0 Å². The zero-order chi connectivity index (χ0) is 33.9. The van der Waals surface area contributed by atoms with E-state index >= 15 is 0 Å². The molecule has 9 aromatic rings. The molecule has 0 aliphatic rings. The van der Waals surface area contributed by atoms with Crippen molar-refractivity contribution in [2.24, 2.45) is 0 Å². The van der Waals surface area contributed by atoms with Crippen molar-refractivity contribution in [2.75, 3.05) is 28.4 Å². The molecule has 0 atom stereocenters. The molecule has 0 radical (unpaired) electrons. The molecular formula is C46H34O4. The van der Waals surface area contributed by atoms with E-state index in [1.165, 1.54) is 65.3 Å². The minimum atomic E-state index is 0.820. The molecule has 9 aromatic carbocycles. The van der Waals surface area contributed by atoms with E-state index in [-0.39, 0.29) is 0 Å². The van der Waals surface area contributed by atoms with Crippen molar-refractivity contribution in [2.45, 2.75) is 0 Å². The molecule has 0 amide bonds. The Balaban J connectivity index is 1.54. The Hall–Kier alpha value is -6.26. The lowest BCUT2D eigenvalue weighted by atomic mass is 9.91. The zero-order valence-electron chi connectivity index (χ0n) is 28.3. The average Bonchev–Trinajstić information content (AvgIpc) is 3.72. The maximum Gasteiger partial charge on any atom is 0.119 e. The number of hydrogen-bond acceptors (Lipinski definition) is 4. The van der Waals surface area contributed by atoms with E-state index in [1.54, 1.807) is 28.4 Å². The van der Waals surface area contributed by atoms with Crippen LogP contribution in [0.15, 0.2) is 133 Å². The van der Waals surface area contributed by atoms with Crippen LogP contribution in [0.4, 0.5) is 0 Å². The fraction of sp³-hybridized carbons (Fsp3) is 0.0870. The maximum absolute atomic E-state index is 5.77. The number of fused-ring (bicyclic) bond motifs is 2. The summed E-state index contributed by atoms with van der Waals surface area (Å²) < 4.78 is 23.0. The van der Waals surface area contributed by atoms with Crippen molar-refractivity contribution in [3.8, 4) is 67.5 Å². The molecule has 0 N–H and O–H groups in total. The maximum atomic E-state index is 5.77. The van der Waals surface area contributed by atoms with Crippen LogP contribution < -0.4 is 18.9 Å². The molecule has 0 aliphatic heterocycles. The molecule has 0 fully saturated rings. The quantitative estimate of drug-likeness (QED) is 0.153. The summed E-state index contributed by atoms with van der Waals surface area (Å²) >= 11 is 0. The smallest absolute Gasteiger partial charge is 0.119 e. The molecule has 9 rings (SSSR count). The first-order valence-electron chi connectivity index (χ1n) is 16.7. The average molecular weight is 651 g/mol. The van der Waals surface area contributed by atoms with Gasteiger partial charge < -0.3 is 18.9 Å². The van der Waals surface area contributed by atoms with Gasteiger partial charge in [-0.2, -0.15) is 0 Å². The highest BCUT2D eigenvalue weighted by atomic mass is 16.5. The van der Waals surface area contributed by atoms with Gasteiger partial charge in [-0.3, -0.25) is 0 Å². The molecule has 0 unspecified atom stereocenters. The minimum Gasteiger partial charge on any atom is -0.497 e. The Morgan fingerprint density at radius 1 is 0.280 bits per heavy atom. The van der Waals surface area contributed by atoms with Crippen LogP contribution in [0.1, 0.15) is 0 Å². The van der Waals surface area contributed by atoms with E-state index in [2.05, 4.69) is 109 Å². The summed E-state index contributed by atoms with van der Waals surface area (Å²) in [4.78, 5) is 0. The van der Waals surface area contributed by atoms with E-state index < -0.39 is 0 Å². The SMILES string of the molecule is COc1cccc(-c2c(-c3cccc(OC)c3)c3c4cccc5c(-c6cccc(OC)c6)c(-c6cccc(OC)c6)c(c6cccc2c63)c54)c1. The summed E-state index contributed by atoms with van der Waals surface area (Å²) in [6.07, 6.45) is 0. The predicted octanol–water partition coefficient (Wildman–Crippen LogP) is 11.9. The number of hydrogen-bond donors (Lipinski definition) is 0. The molecule has 0 saturated heterocycles. The van der Waals surface area contributed by atoms with Crippen LogP contribution in [0.2, 0.25) is 0 Å². The third-order valence-electron chi connectivity index (χ3n) is 10.1. The molecule has 0 saturated carbocycles. The second kappa shape index (κ2) is 11.7. The fourth-order valence-corrected chi connectivity index (χ4v) is 8.08. The summed E-state index contributed by atoms with van der Waals surface area (Å²) in [5.41, 5.74) is 9.16. The van der Waals surface area contributed by atoms with E-state index in [0.29, 0.717) is 0 Å². The molecule has 4 nitrogen and oxygen atoms in total. The zero-order valence-corrected chi connectivity index (χ0v) is 28.3. The molecule has 0 aromatic heterocycles. The van der Waals surface area contributed by atoms with Crippen LogP contribution in [0.5, 0.6) is 23.0 Å². The van der Waals surface area contributed by atoms with Crippen molar-refractivity contribution in [3.63, 3.8) is 0 Å². The molecule has 0 aliphatic carbocycles. The first kappa shape index (κ1) is 29.8. The monoisotopic (exact) mass is 650 g/mol. The molecular weight excluding hydrogens is 617 g/mol. The minimum absolute atomic E-state index is 0.820. The normalized spacial score (nSPS) is 11.6. The largest absolute Gasteiger partial charge is 0.497 e. The second-order valence-electron chi connectivity index (χ2n) is 12.6. The van der Waals surface area contributed by atoms with Gasteiger partial charge in [-0.1, -0.05) is 84.9 Å². The Labute approximate surface area is 290 Å². The van der Waals surface area contributed by atoms with Gasteiger partial charge >= 0.3 is 0 Å². The summed E-state index contributed by atoms with van der Waals surface area (Å²) in [5, 5.41) is 9.79. The molecule has 0 spiro atoms. The van der Waals surface area contributed by atoms with Crippen molar-refractivity contribution in [1.82, 2.24) is 0 Å². The number of rotatable bonds is 8. The van der Waals surface area contributed by atoms with Crippen molar-refractivity contribution in [3.05, 3.63) is 133 Å². The highest BCUT2D eigenvalue weighted by Gasteiger charge is 2.29. The number of methoxy groups -OCH3 is 4. The summed E-state index contributed by atoms with van der Waals surface area (Å²) in [7, 11) is 6.90. The van der Waals surface area contributed by atoms with Gasteiger partial charge in [0.15, 0.2) is 0 Å². The van der Waals surface area contributed by atoms with E-state index in [4.69, 9.17) is 18.9 Å². The Morgan fingerprint density at radius 3 is 0.880 bits per heavy atom. The van der Waals surface area contributed by atoms with Crippen LogP contribution in [0, 0.1) is 0 Å². The van der Waals surface area contributed by atoms with E-state index in [0.717, 1.165) is 45.3 Å². The van der Waals surface area contributed by atoms with Crippen LogP contribution in [0.3, 0.4) is 0 Å². The third-order valence-corrected chi connectivity index (χ3v) is 10.1. The standard InChI is InChI=1S/C46H34O4/c1-47-31-15-5-11-27(23-31)39-35-19-9-21-37-43(35)45(41(39)29-13-7-17-33(25-29)49-3)38-22-10-20-36-40(28-12-6-16-32(24-28)48-2)42(46(37)44(36)38)30-14-8-18-34(26-30)50-4/h5-26H,1-4H3. The van der Waals surface area contributed by atoms with Crippen LogP contribution in [-0.2, 0) is 0 Å². The second-order valence-corrected chi connectivity index (χ2v) is 12.6. The van der Waals surface area contributed by atoms with Crippen LogP contribution in [0.25, 0.3) is 87.6 Å². The van der Waals surface area contributed by atoms with Crippen LogP contribution in [-0.4, -0.2) is 28.4 Å². The molecule has 0 bridgehead atoms. The van der Waals surface area contributed by atoms with E-state index in [9.17, 15) is 0 Å². The highest BCUT2D eigenvalue weighted by Crippen LogP contribution is 2.57. The highest BCUT2D eigenvalue weighted by molar-refractivity contribution is 6.44. The molecule has 0 heterocycles. The Kier molecular flexibility index (Phi) is 6.99. The lowest BCUT2D eigenvalue weighted by Crippen LogP contribution is -1.87. The van der Waals surface area contributed by atoms with Gasteiger partial charge in [0, 0.05) is 0 Å². The lowest BCUT2D eigenvalue weighted by molar-refractivity contribution is 0.415. The first-order valence-corrected chi connectivity index (χ1v) is 16.7. The molecule has 4 heteroatoms. The molecule has 242 valence electrons. The summed E-state index contributed by atoms with van der Waals surface area (Å²) in [6.45, 7) is 0.